The SMILES string of the molecule is CCCCCC[n+]1ccccc1N=Nc1ccc(N(C)C)cc1.CCN(CC)c1ccc(N=Nc2cc[n+](C)cc2)cc1.CN(C)c1ccc(N=Nc2cccc[n+]2C)cc1.C[n+]1ccccc1N=Nc1cc2c3c(c1)CCCN3CCC2.C[n+]1ccccc1N=Nc1ccc(N(CCO)CCO)cc1.C[n+]1ccccc1N=Nc1ccc(N(CCO)CCO)cc1.[Y].[Y].[Y].[Y].[Y].[Y]. The fourth-order valence-corrected chi connectivity index (χ4v) is 13.6. The molecule has 6 aromatic carbocycles. The summed E-state index contributed by atoms with van der Waals surface area (Å²) in [5, 5.41) is 87.7. The summed E-state index contributed by atoms with van der Waals surface area (Å²) in [6.45, 7) is 14.1. The van der Waals surface area contributed by atoms with Gasteiger partial charge in [0.15, 0.2) is 12.4 Å². The summed E-state index contributed by atoms with van der Waals surface area (Å²) in [5.74, 6) is 4.15. The third kappa shape index (κ3) is 42.1. The van der Waals surface area contributed by atoms with E-state index in [1.54, 1.807) is 0 Å². The third-order valence-electron chi connectivity index (χ3n) is 20.8. The maximum Gasteiger partial charge on any atom is 0.350 e. The normalized spacial score (nSPS) is 11.5. The van der Waals surface area contributed by atoms with Crippen molar-refractivity contribution in [2.45, 2.75) is 78.7 Å². The first-order valence-electron chi connectivity index (χ1n) is 43.6. The number of azo groups is 6. The van der Waals surface area contributed by atoms with Crippen molar-refractivity contribution in [3.05, 3.63) is 291 Å². The molecule has 0 saturated carbocycles. The van der Waals surface area contributed by atoms with E-state index in [0.717, 1.165) is 111 Å². The second-order valence-corrected chi connectivity index (χ2v) is 30.6. The molecule has 12 aromatic rings. The number of benzene rings is 6. The van der Waals surface area contributed by atoms with Crippen molar-refractivity contribution in [1.82, 2.24) is 0 Å². The van der Waals surface area contributed by atoms with Crippen molar-refractivity contribution in [3.63, 3.8) is 0 Å². The monoisotopic (exact) mass is 2250 g/mol. The van der Waals surface area contributed by atoms with Gasteiger partial charge in [-0.15, -0.1) is 0 Å². The van der Waals surface area contributed by atoms with Gasteiger partial charge in [0, 0.05) is 353 Å². The number of hydrogen-bond donors (Lipinski definition) is 4. The predicted molar refractivity (Wildman–Crippen MR) is 506 cm³/mol. The van der Waals surface area contributed by atoms with Crippen LogP contribution in [0.15, 0.2) is 341 Å². The van der Waals surface area contributed by atoms with Crippen molar-refractivity contribution < 1.29 is 244 Å². The second kappa shape index (κ2) is 68.2. The zero-order chi connectivity index (χ0) is 90.3. The van der Waals surface area contributed by atoms with E-state index in [9.17, 15) is 0 Å². The molecule has 4 N–H and O–H groups in total. The molecular weight excluding hydrogens is 2120 g/mol. The molecular formula is C99H128N24O4Y6+6. The average molecular weight is 2250 g/mol. The van der Waals surface area contributed by atoms with Crippen LogP contribution in [0.3, 0.4) is 0 Å². The number of aromatic nitrogens is 6. The molecule has 0 unspecified atom stereocenters. The van der Waals surface area contributed by atoms with Crippen molar-refractivity contribution in [3.8, 4) is 0 Å². The molecule has 680 valence electrons. The van der Waals surface area contributed by atoms with Gasteiger partial charge in [0.1, 0.15) is 35.5 Å². The molecule has 0 saturated heterocycles. The Bertz CT molecular complexity index is 5300. The Kier molecular flexibility index (Phi) is 61.6. The van der Waals surface area contributed by atoms with E-state index < -0.39 is 0 Å². The smallest absolute Gasteiger partial charge is 0.350 e. The first-order valence-corrected chi connectivity index (χ1v) is 43.6. The largest absolute Gasteiger partial charge is 0.395 e. The van der Waals surface area contributed by atoms with Gasteiger partial charge >= 0.3 is 29.1 Å². The number of anilines is 6. The molecule has 0 fully saturated rings. The molecule has 0 atom stereocenters. The Hall–Kier alpha value is -6.92. The van der Waals surface area contributed by atoms with Gasteiger partial charge in [0.25, 0.3) is 0 Å². The first kappa shape index (κ1) is 120. The summed E-state index contributed by atoms with van der Waals surface area (Å²) in [7, 11) is 17.8. The van der Waals surface area contributed by atoms with Crippen molar-refractivity contribution in [2.75, 3.05) is 136 Å². The van der Waals surface area contributed by atoms with Crippen LogP contribution in [0.4, 0.5) is 103 Å². The van der Waals surface area contributed by atoms with Gasteiger partial charge in [-0.3, -0.25) is 0 Å². The summed E-state index contributed by atoms with van der Waals surface area (Å²) < 4.78 is 11.8. The number of aryl methyl sites for hydroxylation is 8. The zero-order valence-electron chi connectivity index (χ0n) is 79.4. The summed E-state index contributed by atoms with van der Waals surface area (Å²) in [6, 6.07) is 77.0. The number of aliphatic hydroxyl groups excluding tert-OH is 4. The number of aliphatic hydroxyl groups is 4. The second-order valence-electron chi connectivity index (χ2n) is 30.6. The first-order chi connectivity index (χ1) is 61.9. The fraction of sp³-hybridized carbons (Fsp3) is 0.333. The summed E-state index contributed by atoms with van der Waals surface area (Å²) in [6.07, 6.45) is 23.6. The predicted octanol–water partition coefficient (Wildman–Crippen LogP) is 18.8. The Labute approximate surface area is 937 Å². The van der Waals surface area contributed by atoms with Crippen molar-refractivity contribution >= 4 is 103 Å². The van der Waals surface area contributed by atoms with Crippen LogP contribution in [-0.2, 0) is 251 Å². The molecule has 34 heteroatoms. The number of nitrogens with zero attached hydrogens (tertiary/aromatic N) is 24. The molecule has 14 rings (SSSR count). The molecule has 0 spiro atoms. The molecule has 2 aliphatic heterocycles. The fourth-order valence-electron chi connectivity index (χ4n) is 13.6. The van der Waals surface area contributed by atoms with E-state index in [0.29, 0.717) is 26.2 Å². The minimum absolute atomic E-state index is 0. The molecule has 6 aromatic heterocycles. The van der Waals surface area contributed by atoms with Crippen molar-refractivity contribution in [2.24, 2.45) is 96.6 Å². The molecule has 0 amide bonds. The van der Waals surface area contributed by atoms with Crippen LogP contribution in [0.25, 0.3) is 0 Å². The van der Waals surface area contributed by atoms with E-state index >= 15 is 0 Å². The van der Waals surface area contributed by atoms with Gasteiger partial charge in [-0.05, 0) is 253 Å². The van der Waals surface area contributed by atoms with Crippen LogP contribution in [0.1, 0.15) is 70.4 Å². The maximum absolute atomic E-state index is 9.06. The number of unbranched alkanes of at least 4 members (excludes halogenated alkanes) is 3. The number of rotatable bonds is 32. The van der Waals surface area contributed by atoms with Gasteiger partial charge in [-0.2, -0.15) is 10.2 Å². The van der Waals surface area contributed by atoms with Crippen LogP contribution in [0.2, 0.25) is 0 Å². The van der Waals surface area contributed by atoms with Gasteiger partial charge in [0.2, 0.25) is 0 Å². The van der Waals surface area contributed by atoms with E-state index in [4.69, 9.17) is 20.4 Å². The Balaban J connectivity index is 0.000000408. The van der Waals surface area contributed by atoms with Gasteiger partial charge in [-0.1, -0.05) is 50.1 Å². The third-order valence-corrected chi connectivity index (χ3v) is 20.8. The molecule has 133 heavy (non-hydrogen) atoms. The summed E-state index contributed by atoms with van der Waals surface area (Å²) >= 11 is 0. The molecule has 8 heterocycles. The van der Waals surface area contributed by atoms with Gasteiger partial charge in [0.05, 0.1) is 129 Å². The van der Waals surface area contributed by atoms with Crippen LogP contribution in [0, 0.1) is 0 Å². The molecule has 28 nitrogen and oxygen atoms in total. The Morgan fingerprint density at radius 1 is 0.301 bits per heavy atom. The van der Waals surface area contributed by atoms with E-state index in [-0.39, 0.29) is 223 Å². The van der Waals surface area contributed by atoms with Gasteiger partial charge < -0.3 is 49.8 Å². The maximum atomic E-state index is 9.06. The van der Waals surface area contributed by atoms with E-state index in [1.165, 1.54) is 87.0 Å². The Morgan fingerprint density at radius 2 is 0.586 bits per heavy atom. The van der Waals surface area contributed by atoms with E-state index in [1.807, 2.05) is 333 Å². The average Bonchev–Trinajstić information content (AvgIpc) is 0.776. The van der Waals surface area contributed by atoms with Crippen LogP contribution >= 0.6 is 0 Å². The summed E-state index contributed by atoms with van der Waals surface area (Å²) in [4.78, 5) is 12.8. The minimum Gasteiger partial charge on any atom is -0.395 e. The van der Waals surface area contributed by atoms with Gasteiger partial charge in [-0.25, -0.2) is 27.4 Å². The molecule has 6 radical (unpaired) electrons. The van der Waals surface area contributed by atoms with E-state index in [2.05, 4.69) is 149 Å². The standard InChI is InChI=1S/C19H27N4.C18H21N4.2C16H21N4O2.C16H21N4.C14H17N4.6Y/c1-4-5-6-8-15-23-16-9-7-10-19(23)21-20-17-11-13-18(14-12-17)22(2)3;1-21-9-3-2-8-17(21)20-19-16-12-14-6-4-10-22-11-5-7-15(13-16)18(14)22;2*1-19-9-3-2-4-16(19)18-17-14-5-7-15(8-6-14)20(10-12-21)11-13-22;1-4-20(5-2)16-8-6-14(7-9-16)17-18-15-10-12-19(3)13-11-15;1-17(2)13-9-7-12(8-10-13)15-16-14-6-4-5-11-18(14)3;;;;;;/h7,9-14,16H,4-6,8,15H2,1-3H3;2-3,8-9,12-13H,4-7,10-11H2,1H3;2*2-9,21-22H,10-13H2,1H3;6-13H,4-5H2,1-3H3;4-11H,1-3H3;;;;;;/q6*+1;;;;;;. The molecule has 0 aliphatic carbocycles. The zero-order valence-corrected chi connectivity index (χ0v) is 96.4. The summed E-state index contributed by atoms with van der Waals surface area (Å²) in [5.41, 5.74) is 15.7. The molecule has 2 aliphatic rings. The minimum atomic E-state index is 0. The number of pyridine rings is 6. The number of hydrogen-bond acceptors (Lipinski definition) is 22. The Morgan fingerprint density at radius 3 is 0.895 bits per heavy atom. The quantitative estimate of drug-likeness (QED) is 0.0176. The van der Waals surface area contributed by atoms with Crippen LogP contribution in [-0.4, -0.2) is 127 Å². The van der Waals surface area contributed by atoms with Crippen molar-refractivity contribution in [1.29, 1.82) is 0 Å². The molecule has 0 bridgehead atoms. The topological polar surface area (TPSA) is 272 Å². The van der Waals surface area contributed by atoms with Crippen LogP contribution in [0.5, 0.6) is 0 Å². The van der Waals surface area contributed by atoms with Crippen LogP contribution < -0.4 is 56.8 Å².